The molecular weight excluding hydrogens is 514 g/mol. The van der Waals surface area contributed by atoms with Gasteiger partial charge in [-0.3, -0.25) is 19.6 Å². The van der Waals surface area contributed by atoms with Crippen LogP contribution >= 0.6 is 0 Å². The molecule has 5 rings (SSSR count). The number of nitrogens with zero attached hydrogens (tertiary/aromatic N) is 3. The van der Waals surface area contributed by atoms with E-state index in [9.17, 15) is 14.7 Å². The number of Topliss-reactive ketones (excluding diaryl/α,β-unsaturated/α-hetero) is 1. The number of aliphatic hydroxyl groups excluding tert-OH is 1. The van der Waals surface area contributed by atoms with E-state index in [2.05, 4.69) is 45.3 Å². The number of anilines is 1. The average Bonchev–Trinajstić information content (AvgIpc) is 3.69. The second-order valence-electron chi connectivity index (χ2n) is 11.6. The number of nitrogens with one attached hydrogen (secondary N) is 2. The molecule has 1 amide bonds. The number of β-amino-alcohol motifs (C(OH)–C–C–N with tert-alkyl or cyclic N) is 1. The summed E-state index contributed by atoms with van der Waals surface area (Å²) in [6.45, 7) is 10.0. The Hall–Kier alpha value is -3.62. The van der Waals surface area contributed by atoms with Crippen LogP contribution in [-0.4, -0.2) is 62.6 Å². The molecule has 41 heavy (non-hydrogen) atoms. The number of aromatic amines is 1. The highest BCUT2D eigenvalue weighted by Gasteiger charge is 2.25. The van der Waals surface area contributed by atoms with Crippen LogP contribution in [0.4, 0.5) is 5.82 Å². The van der Waals surface area contributed by atoms with Gasteiger partial charge in [0.2, 0.25) is 5.91 Å². The van der Waals surface area contributed by atoms with Crippen molar-refractivity contribution in [3.8, 4) is 11.1 Å². The predicted molar refractivity (Wildman–Crippen MR) is 163 cm³/mol. The minimum Gasteiger partial charge on any atom is -0.392 e. The van der Waals surface area contributed by atoms with E-state index in [1.807, 2.05) is 43.3 Å². The standard InChI is InChI=1S/C26H33N3O3.C7H10N2/c1-18(2)26(19(3)30)21-8-4-7-20(15-21)22-11-12-24(27-16-22)28-25(32)10-6-14-29-13-5-9-23(31)17-29;1-5-4-7(9-8-5)6-2-3-6/h4,6-8,10-12,15-16,18,23,26,31H,5,9,13-14,17H2,1-3H3,(H,27,28,32);4,6H,2-3H2,1H3,(H,8,9)/b10-6+;. The summed E-state index contributed by atoms with van der Waals surface area (Å²) in [7, 11) is 0. The van der Waals surface area contributed by atoms with Crippen molar-refractivity contribution in [1.29, 1.82) is 0 Å². The number of aryl methyl sites for hydroxylation is 1. The molecule has 218 valence electrons. The lowest BCUT2D eigenvalue weighted by Gasteiger charge is -2.28. The van der Waals surface area contributed by atoms with Crippen molar-refractivity contribution in [2.75, 3.05) is 25.0 Å². The molecule has 2 aliphatic rings. The fourth-order valence-corrected chi connectivity index (χ4v) is 5.34. The quantitative estimate of drug-likeness (QED) is 0.294. The molecule has 1 saturated heterocycles. The Morgan fingerprint density at radius 3 is 2.56 bits per heavy atom. The number of aromatic nitrogens is 3. The van der Waals surface area contributed by atoms with Crippen LogP contribution in [0.1, 0.15) is 75.2 Å². The first-order valence-electron chi connectivity index (χ1n) is 14.7. The maximum Gasteiger partial charge on any atom is 0.249 e. The average molecular weight is 558 g/mol. The van der Waals surface area contributed by atoms with Crippen molar-refractivity contribution in [1.82, 2.24) is 20.1 Å². The summed E-state index contributed by atoms with van der Waals surface area (Å²) in [5.74, 6) is 1.31. The second kappa shape index (κ2) is 14.3. The number of H-pyrrole nitrogens is 1. The SMILES string of the molecule is CC(=O)C(c1cccc(-c2ccc(NC(=O)/C=C/CN3CCCC(O)C3)nc2)c1)C(C)C.Cc1cc(C2CC2)n[nH]1. The highest BCUT2D eigenvalue weighted by Crippen LogP contribution is 2.38. The molecule has 0 radical (unpaired) electrons. The molecule has 8 nitrogen and oxygen atoms in total. The van der Waals surface area contributed by atoms with Gasteiger partial charge in [0, 0.05) is 48.5 Å². The summed E-state index contributed by atoms with van der Waals surface area (Å²) in [4.78, 5) is 30.8. The van der Waals surface area contributed by atoms with Crippen molar-refractivity contribution in [3.05, 3.63) is 77.8 Å². The van der Waals surface area contributed by atoms with Gasteiger partial charge in [0.1, 0.15) is 11.6 Å². The summed E-state index contributed by atoms with van der Waals surface area (Å²) in [5, 5.41) is 19.6. The van der Waals surface area contributed by atoms with Gasteiger partial charge >= 0.3 is 0 Å². The second-order valence-corrected chi connectivity index (χ2v) is 11.6. The molecule has 2 atom stereocenters. The molecule has 3 heterocycles. The van der Waals surface area contributed by atoms with Gasteiger partial charge in [0.15, 0.2) is 0 Å². The maximum atomic E-state index is 12.2. The number of carbonyl (C=O) groups is 2. The normalized spacial score (nSPS) is 18.1. The summed E-state index contributed by atoms with van der Waals surface area (Å²) in [6, 6.07) is 13.8. The number of benzene rings is 1. The molecular formula is C33H43N5O3. The van der Waals surface area contributed by atoms with Gasteiger partial charge in [-0.15, -0.1) is 0 Å². The van der Waals surface area contributed by atoms with E-state index in [4.69, 9.17) is 0 Å². The number of pyridine rings is 1. The van der Waals surface area contributed by atoms with Gasteiger partial charge in [-0.25, -0.2) is 4.98 Å². The zero-order chi connectivity index (χ0) is 29.4. The van der Waals surface area contributed by atoms with Crippen LogP contribution in [-0.2, 0) is 9.59 Å². The molecule has 3 aromatic rings. The van der Waals surface area contributed by atoms with Gasteiger partial charge in [-0.05, 0) is 81.3 Å². The molecule has 0 spiro atoms. The number of amides is 1. The molecule has 2 fully saturated rings. The van der Waals surface area contributed by atoms with Crippen LogP contribution < -0.4 is 5.32 Å². The van der Waals surface area contributed by atoms with Crippen molar-refractivity contribution in [3.63, 3.8) is 0 Å². The van der Waals surface area contributed by atoms with Gasteiger partial charge < -0.3 is 10.4 Å². The topological polar surface area (TPSA) is 111 Å². The third kappa shape index (κ3) is 9.20. The number of hydrogen-bond acceptors (Lipinski definition) is 6. The van der Waals surface area contributed by atoms with Gasteiger partial charge in [-0.2, -0.15) is 5.10 Å². The van der Waals surface area contributed by atoms with Crippen LogP contribution in [0.3, 0.4) is 0 Å². The first kappa shape index (κ1) is 30.3. The minimum absolute atomic E-state index is 0.124. The number of likely N-dealkylation sites (tertiary alicyclic amines) is 1. The Bertz CT molecular complexity index is 1330. The third-order valence-electron chi connectivity index (χ3n) is 7.53. The Labute approximate surface area is 243 Å². The van der Waals surface area contributed by atoms with Crippen molar-refractivity contribution in [2.24, 2.45) is 5.92 Å². The zero-order valence-corrected chi connectivity index (χ0v) is 24.6. The van der Waals surface area contributed by atoms with E-state index in [0.717, 1.165) is 42.0 Å². The fourth-order valence-electron chi connectivity index (χ4n) is 5.34. The first-order valence-corrected chi connectivity index (χ1v) is 14.7. The molecule has 2 unspecified atom stereocenters. The van der Waals surface area contributed by atoms with Crippen molar-refractivity contribution in [2.45, 2.75) is 71.3 Å². The summed E-state index contributed by atoms with van der Waals surface area (Å²) in [6.07, 6.45) is 9.28. The number of aliphatic hydroxyl groups is 1. The molecule has 0 bridgehead atoms. The van der Waals surface area contributed by atoms with E-state index in [1.165, 1.54) is 30.3 Å². The first-order chi connectivity index (χ1) is 19.7. The molecule has 2 aromatic heterocycles. The summed E-state index contributed by atoms with van der Waals surface area (Å²) >= 11 is 0. The largest absolute Gasteiger partial charge is 0.392 e. The maximum absolute atomic E-state index is 12.2. The van der Waals surface area contributed by atoms with Crippen LogP contribution in [0.2, 0.25) is 0 Å². The molecule has 1 aliphatic heterocycles. The lowest BCUT2D eigenvalue weighted by molar-refractivity contribution is -0.119. The Morgan fingerprint density at radius 1 is 1.15 bits per heavy atom. The molecule has 1 aromatic carbocycles. The van der Waals surface area contributed by atoms with Gasteiger partial charge in [0.25, 0.3) is 0 Å². The highest BCUT2D eigenvalue weighted by atomic mass is 16.3. The van der Waals surface area contributed by atoms with Gasteiger partial charge in [0.05, 0.1) is 11.8 Å². The highest BCUT2D eigenvalue weighted by molar-refractivity contribution is 5.98. The Balaban J connectivity index is 0.000000360. The van der Waals surface area contributed by atoms with E-state index in [1.54, 1.807) is 19.2 Å². The monoisotopic (exact) mass is 557 g/mol. The van der Waals surface area contributed by atoms with Gasteiger partial charge in [-0.1, -0.05) is 44.2 Å². The summed E-state index contributed by atoms with van der Waals surface area (Å²) < 4.78 is 0. The Morgan fingerprint density at radius 2 is 1.95 bits per heavy atom. The van der Waals surface area contributed by atoms with Crippen LogP contribution in [0.5, 0.6) is 0 Å². The third-order valence-corrected chi connectivity index (χ3v) is 7.53. The van der Waals surface area contributed by atoms with Crippen molar-refractivity contribution < 1.29 is 14.7 Å². The van der Waals surface area contributed by atoms with E-state index >= 15 is 0 Å². The van der Waals surface area contributed by atoms with Crippen LogP contribution in [0.25, 0.3) is 11.1 Å². The lowest BCUT2D eigenvalue weighted by atomic mass is 9.84. The molecule has 1 saturated carbocycles. The zero-order valence-electron chi connectivity index (χ0n) is 24.6. The van der Waals surface area contributed by atoms with E-state index in [-0.39, 0.29) is 29.6 Å². The predicted octanol–water partition coefficient (Wildman–Crippen LogP) is 5.62. The molecule has 1 aliphatic carbocycles. The number of rotatable bonds is 9. The number of ketones is 1. The molecule has 3 N–H and O–H groups in total. The fraction of sp³-hybridized carbons (Fsp3) is 0.455. The number of carbonyl (C=O) groups excluding carboxylic acids is 2. The smallest absolute Gasteiger partial charge is 0.249 e. The van der Waals surface area contributed by atoms with Crippen molar-refractivity contribution >= 4 is 17.5 Å². The van der Waals surface area contributed by atoms with E-state index < -0.39 is 0 Å². The minimum atomic E-state index is -0.270. The van der Waals surface area contributed by atoms with E-state index in [0.29, 0.717) is 18.9 Å². The number of piperidine rings is 1. The summed E-state index contributed by atoms with van der Waals surface area (Å²) in [5.41, 5.74) is 5.36. The van der Waals surface area contributed by atoms with Crippen LogP contribution in [0, 0.1) is 12.8 Å². The number of hydrogen-bond donors (Lipinski definition) is 3. The molecule has 8 heteroatoms. The van der Waals surface area contributed by atoms with Crippen LogP contribution in [0.15, 0.2) is 60.8 Å². The lowest BCUT2D eigenvalue weighted by Crippen LogP contribution is -2.38. The Kier molecular flexibility index (Phi) is 10.6.